The maximum atomic E-state index is 12.6. The first kappa shape index (κ1) is 18.1. The second-order valence-electron chi connectivity index (χ2n) is 7.71. The SMILES string of the molecule is COC(=O)C1C(c2ccc(-c3ccc(OC)cc3)cc2)C[C@H]2CC[C@@H]1N2C. The number of carbonyl (C=O) groups is 1. The number of hydrogen-bond acceptors (Lipinski definition) is 4. The van der Waals surface area contributed by atoms with Crippen LogP contribution in [-0.4, -0.2) is 44.2 Å². The average Bonchev–Trinajstić information content (AvgIpc) is 2.95. The Bertz CT molecular complexity index is 799. The van der Waals surface area contributed by atoms with Crippen molar-refractivity contribution in [1.29, 1.82) is 0 Å². The van der Waals surface area contributed by atoms with Crippen LogP contribution < -0.4 is 4.74 Å². The maximum Gasteiger partial charge on any atom is 0.310 e. The summed E-state index contributed by atoms with van der Waals surface area (Å²) in [6.45, 7) is 0. The molecule has 0 saturated carbocycles. The van der Waals surface area contributed by atoms with E-state index in [1.807, 2.05) is 12.1 Å². The van der Waals surface area contributed by atoms with Crippen molar-refractivity contribution < 1.29 is 14.3 Å². The Morgan fingerprint density at radius 2 is 1.59 bits per heavy atom. The number of esters is 1. The molecular weight excluding hydrogens is 338 g/mol. The molecule has 0 amide bonds. The normalized spacial score (nSPS) is 27.4. The van der Waals surface area contributed by atoms with E-state index in [2.05, 4.69) is 48.3 Å². The monoisotopic (exact) mass is 365 g/mol. The Kier molecular flexibility index (Phi) is 4.92. The summed E-state index contributed by atoms with van der Waals surface area (Å²) >= 11 is 0. The Hall–Kier alpha value is -2.33. The van der Waals surface area contributed by atoms with Crippen LogP contribution in [-0.2, 0) is 9.53 Å². The summed E-state index contributed by atoms with van der Waals surface area (Å²) in [5, 5.41) is 0. The average molecular weight is 365 g/mol. The molecule has 2 saturated heterocycles. The van der Waals surface area contributed by atoms with Gasteiger partial charge in [-0.1, -0.05) is 36.4 Å². The lowest BCUT2D eigenvalue weighted by atomic mass is 9.76. The summed E-state index contributed by atoms with van der Waals surface area (Å²) < 4.78 is 10.4. The molecule has 4 heteroatoms. The van der Waals surface area contributed by atoms with E-state index in [0.29, 0.717) is 12.1 Å². The molecule has 4 nitrogen and oxygen atoms in total. The van der Waals surface area contributed by atoms with Crippen molar-refractivity contribution in [2.75, 3.05) is 21.3 Å². The zero-order chi connectivity index (χ0) is 19.0. The minimum atomic E-state index is -0.0782. The quantitative estimate of drug-likeness (QED) is 0.765. The van der Waals surface area contributed by atoms with Crippen LogP contribution in [0.3, 0.4) is 0 Å². The number of nitrogens with zero attached hydrogens (tertiary/aromatic N) is 1. The van der Waals surface area contributed by atoms with Gasteiger partial charge in [-0.2, -0.15) is 0 Å². The van der Waals surface area contributed by atoms with Gasteiger partial charge in [0.25, 0.3) is 0 Å². The Morgan fingerprint density at radius 1 is 0.963 bits per heavy atom. The molecule has 2 fully saturated rings. The van der Waals surface area contributed by atoms with Gasteiger partial charge in [0.1, 0.15) is 5.75 Å². The number of methoxy groups -OCH3 is 2. The summed E-state index contributed by atoms with van der Waals surface area (Å²) in [4.78, 5) is 15.0. The van der Waals surface area contributed by atoms with Crippen LogP contribution in [0.4, 0.5) is 0 Å². The fraction of sp³-hybridized carbons (Fsp3) is 0.435. The van der Waals surface area contributed by atoms with Crippen LogP contribution >= 0.6 is 0 Å². The molecule has 2 heterocycles. The zero-order valence-corrected chi connectivity index (χ0v) is 16.2. The molecule has 2 bridgehead atoms. The van der Waals surface area contributed by atoms with Gasteiger partial charge in [0, 0.05) is 18.0 Å². The first-order valence-electron chi connectivity index (χ1n) is 9.66. The van der Waals surface area contributed by atoms with E-state index in [9.17, 15) is 4.79 Å². The third kappa shape index (κ3) is 3.23. The summed E-state index contributed by atoms with van der Waals surface area (Å²) in [5.74, 6) is 0.941. The van der Waals surface area contributed by atoms with Crippen LogP contribution in [0, 0.1) is 5.92 Å². The van der Waals surface area contributed by atoms with Crippen molar-refractivity contribution >= 4 is 5.97 Å². The minimum absolute atomic E-state index is 0.0727. The maximum absolute atomic E-state index is 12.6. The molecule has 4 atom stereocenters. The van der Waals surface area contributed by atoms with E-state index in [0.717, 1.165) is 24.2 Å². The molecule has 142 valence electrons. The molecule has 27 heavy (non-hydrogen) atoms. The fourth-order valence-corrected chi connectivity index (χ4v) is 4.97. The molecule has 0 N–H and O–H groups in total. The van der Waals surface area contributed by atoms with Crippen LogP contribution in [0.2, 0.25) is 0 Å². The summed E-state index contributed by atoms with van der Waals surface area (Å²) in [5.41, 5.74) is 3.58. The van der Waals surface area contributed by atoms with Crippen molar-refractivity contribution in [3.8, 4) is 16.9 Å². The second kappa shape index (κ2) is 7.35. The number of fused-ring (bicyclic) bond motifs is 2. The molecule has 0 spiro atoms. The van der Waals surface area contributed by atoms with Gasteiger partial charge in [-0.05, 0) is 55.1 Å². The zero-order valence-electron chi connectivity index (χ0n) is 16.2. The lowest BCUT2D eigenvalue weighted by Crippen LogP contribution is -2.49. The molecule has 2 aliphatic heterocycles. The lowest BCUT2D eigenvalue weighted by Gasteiger charge is -2.41. The molecule has 2 aromatic rings. The standard InChI is InChI=1S/C23H27NO3/c1-24-18-10-13-21(24)22(23(25)27-3)20(14-18)17-6-4-15(5-7-17)16-8-11-19(26-2)12-9-16/h4-9,11-12,18,20-22H,10,13-14H2,1-3H3/t18-,20?,21+,22?/m1/s1. The topological polar surface area (TPSA) is 38.8 Å². The van der Waals surface area contributed by atoms with E-state index >= 15 is 0 Å². The molecule has 0 aromatic heterocycles. The number of hydrogen-bond donors (Lipinski definition) is 0. The van der Waals surface area contributed by atoms with Gasteiger partial charge in [-0.3, -0.25) is 9.69 Å². The third-order valence-electron chi connectivity index (χ3n) is 6.50. The van der Waals surface area contributed by atoms with Gasteiger partial charge in [-0.15, -0.1) is 0 Å². The van der Waals surface area contributed by atoms with E-state index in [1.54, 1.807) is 7.11 Å². The minimum Gasteiger partial charge on any atom is -0.497 e. The highest BCUT2D eigenvalue weighted by Gasteiger charge is 2.49. The number of rotatable bonds is 4. The van der Waals surface area contributed by atoms with Gasteiger partial charge in [0.15, 0.2) is 0 Å². The highest BCUT2D eigenvalue weighted by Crippen LogP contribution is 2.46. The van der Waals surface area contributed by atoms with Crippen LogP contribution in [0.5, 0.6) is 5.75 Å². The number of benzene rings is 2. The summed E-state index contributed by atoms with van der Waals surface area (Å²) in [6.07, 6.45) is 3.28. The molecule has 2 unspecified atom stereocenters. The van der Waals surface area contributed by atoms with Crippen molar-refractivity contribution in [2.45, 2.75) is 37.3 Å². The fourth-order valence-electron chi connectivity index (χ4n) is 4.97. The van der Waals surface area contributed by atoms with E-state index in [4.69, 9.17) is 9.47 Å². The van der Waals surface area contributed by atoms with Gasteiger partial charge < -0.3 is 9.47 Å². The van der Waals surface area contributed by atoms with Gasteiger partial charge in [0.2, 0.25) is 0 Å². The van der Waals surface area contributed by atoms with Crippen molar-refractivity contribution in [3.05, 3.63) is 54.1 Å². The second-order valence-corrected chi connectivity index (χ2v) is 7.71. The summed E-state index contributed by atoms with van der Waals surface area (Å²) in [7, 11) is 5.34. The Morgan fingerprint density at radius 3 is 2.19 bits per heavy atom. The molecule has 0 radical (unpaired) electrons. The Balaban J connectivity index is 1.61. The molecule has 4 rings (SSSR count). The van der Waals surface area contributed by atoms with Gasteiger partial charge in [0.05, 0.1) is 20.1 Å². The van der Waals surface area contributed by atoms with Crippen molar-refractivity contribution in [3.63, 3.8) is 0 Å². The molecular formula is C23H27NO3. The highest BCUT2D eigenvalue weighted by atomic mass is 16.5. The van der Waals surface area contributed by atoms with Crippen LogP contribution in [0.25, 0.3) is 11.1 Å². The molecule has 2 aromatic carbocycles. The van der Waals surface area contributed by atoms with Crippen LogP contribution in [0.1, 0.15) is 30.7 Å². The van der Waals surface area contributed by atoms with Crippen molar-refractivity contribution in [2.24, 2.45) is 5.92 Å². The van der Waals surface area contributed by atoms with Gasteiger partial charge >= 0.3 is 5.97 Å². The molecule has 2 aliphatic rings. The van der Waals surface area contributed by atoms with E-state index in [1.165, 1.54) is 24.7 Å². The third-order valence-corrected chi connectivity index (χ3v) is 6.50. The van der Waals surface area contributed by atoms with E-state index in [-0.39, 0.29) is 17.8 Å². The van der Waals surface area contributed by atoms with Gasteiger partial charge in [-0.25, -0.2) is 0 Å². The molecule has 0 aliphatic carbocycles. The Labute approximate surface area is 161 Å². The first-order chi connectivity index (χ1) is 13.1. The number of piperidine rings is 1. The smallest absolute Gasteiger partial charge is 0.310 e. The highest BCUT2D eigenvalue weighted by molar-refractivity contribution is 5.75. The van der Waals surface area contributed by atoms with Crippen LogP contribution in [0.15, 0.2) is 48.5 Å². The summed E-state index contributed by atoms with van der Waals surface area (Å²) in [6, 6.07) is 17.6. The van der Waals surface area contributed by atoms with Crippen molar-refractivity contribution in [1.82, 2.24) is 4.90 Å². The lowest BCUT2D eigenvalue weighted by molar-refractivity contribution is -0.150. The number of ether oxygens (including phenoxy) is 2. The van der Waals surface area contributed by atoms with E-state index < -0.39 is 0 Å². The number of carbonyl (C=O) groups excluding carboxylic acids is 1. The predicted octanol–water partition coefficient (Wildman–Crippen LogP) is 4.10. The predicted molar refractivity (Wildman–Crippen MR) is 106 cm³/mol. The largest absolute Gasteiger partial charge is 0.497 e. The first-order valence-corrected chi connectivity index (χ1v) is 9.66.